The van der Waals surface area contributed by atoms with Gasteiger partial charge in [0.25, 0.3) is 0 Å². The molecule has 0 radical (unpaired) electrons. The van der Waals surface area contributed by atoms with Crippen LogP contribution >= 0.6 is 0 Å². The predicted molar refractivity (Wildman–Crippen MR) is 55.4 cm³/mol. The molecule has 2 heteroatoms. The maximum absolute atomic E-state index is 2.32. The van der Waals surface area contributed by atoms with Crippen LogP contribution in [0.25, 0.3) is 0 Å². The summed E-state index contributed by atoms with van der Waals surface area (Å²) in [7, 11) is 4.64. The van der Waals surface area contributed by atoms with Gasteiger partial charge >= 0.3 is 0 Å². The molecule has 0 saturated carbocycles. The van der Waals surface area contributed by atoms with Crippen LogP contribution < -0.4 is 24.0 Å². The van der Waals surface area contributed by atoms with Gasteiger partial charge in [-0.15, -0.1) is 0 Å². The molecule has 0 unspecified atom stereocenters. The monoisotopic (exact) mass is 303 g/mol. The zero-order chi connectivity index (χ0) is 9.31. The summed E-state index contributed by atoms with van der Waals surface area (Å²) in [6.07, 6.45) is 2.59. The lowest BCUT2D eigenvalue weighted by Crippen LogP contribution is -3.00. The highest BCUT2D eigenvalue weighted by Gasteiger charge is 2.20. The molecule has 0 N–H and O–H groups in total. The van der Waals surface area contributed by atoms with Crippen LogP contribution in [0.15, 0.2) is 24.3 Å². The van der Waals surface area contributed by atoms with Crippen LogP contribution in [0.4, 0.5) is 0 Å². The molecule has 2 rings (SSSR count). The van der Waals surface area contributed by atoms with Crippen LogP contribution in [0.3, 0.4) is 0 Å². The zero-order valence-corrected chi connectivity index (χ0v) is 11.1. The van der Waals surface area contributed by atoms with Crippen molar-refractivity contribution in [3.05, 3.63) is 35.4 Å². The Morgan fingerprint density at radius 1 is 1.07 bits per heavy atom. The van der Waals surface area contributed by atoms with Gasteiger partial charge in [0.1, 0.15) is 6.54 Å². The number of quaternary nitrogens is 1. The molecule has 0 spiro atoms. The summed E-state index contributed by atoms with van der Waals surface area (Å²) in [4.78, 5) is 0. The molecule has 1 aliphatic rings. The third kappa shape index (κ3) is 2.70. The van der Waals surface area contributed by atoms with E-state index in [-0.39, 0.29) is 24.0 Å². The first-order valence-electron chi connectivity index (χ1n) is 5.06. The smallest absolute Gasteiger partial charge is 0.104 e. The maximum atomic E-state index is 2.32. The van der Waals surface area contributed by atoms with Crippen molar-refractivity contribution < 1.29 is 28.5 Å². The normalized spacial score (nSPS) is 19.0. The first-order chi connectivity index (χ1) is 6.17. The van der Waals surface area contributed by atoms with Gasteiger partial charge in [-0.3, -0.25) is 0 Å². The average Bonchev–Trinajstić information content (AvgIpc) is 2.21. The van der Waals surface area contributed by atoms with Crippen LogP contribution in [0.2, 0.25) is 0 Å². The highest BCUT2D eigenvalue weighted by atomic mass is 127. The average molecular weight is 303 g/mol. The van der Waals surface area contributed by atoms with Crippen molar-refractivity contribution >= 4 is 0 Å². The molecule has 0 aromatic heterocycles. The fourth-order valence-electron chi connectivity index (χ4n) is 2.19. The summed E-state index contributed by atoms with van der Waals surface area (Å²) in [5.74, 6) is 0. The van der Waals surface area contributed by atoms with Crippen LogP contribution in [-0.2, 0) is 13.0 Å². The Hall–Kier alpha value is -0.0900. The molecular weight excluding hydrogens is 285 g/mol. The highest BCUT2D eigenvalue weighted by molar-refractivity contribution is 5.27. The molecule has 1 aliphatic heterocycles. The molecular formula is C12H18IN. The highest BCUT2D eigenvalue weighted by Crippen LogP contribution is 2.20. The minimum atomic E-state index is 0. The lowest BCUT2D eigenvalue weighted by atomic mass is 10.0. The molecule has 1 heterocycles. The Morgan fingerprint density at radius 3 is 2.43 bits per heavy atom. The second-order valence-corrected chi connectivity index (χ2v) is 4.69. The van der Waals surface area contributed by atoms with Crippen LogP contribution in [-0.4, -0.2) is 25.1 Å². The van der Waals surface area contributed by atoms with E-state index in [1.54, 1.807) is 11.1 Å². The van der Waals surface area contributed by atoms with E-state index in [4.69, 9.17) is 0 Å². The molecule has 0 aliphatic carbocycles. The number of hydrogen-bond acceptors (Lipinski definition) is 0. The van der Waals surface area contributed by atoms with Crippen molar-refractivity contribution in [1.82, 2.24) is 0 Å². The Labute approximate surface area is 104 Å². The van der Waals surface area contributed by atoms with Gasteiger partial charge in [0.2, 0.25) is 0 Å². The lowest BCUT2D eigenvalue weighted by Gasteiger charge is -2.28. The van der Waals surface area contributed by atoms with Gasteiger partial charge in [-0.2, -0.15) is 0 Å². The minimum Gasteiger partial charge on any atom is -1.00 e. The van der Waals surface area contributed by atoms with Crippen molar-refractivity contribution in [3.8, 4) is 0 Å². The largest absolute Gasteiger partial charge is 1.00 e. The minimum absolute atomic E-state index is 0. The molecule has 1 aromatic carbocycles. The fourth-order valence-corrected chi connectivity index (χ4v) is 2.19. The van der Waals surface area contributed by atoms with Gasteiger partial charge in [-0.05, 0) is 12.0 Å². The van der Waals surface area contributed by atoms with Gasteiger partial charge in [-0.1, -0.05) is 24.3 Å². The van der Waals surface area contributed by atoms with Gasteiger partial charge in [0.15, 0.2) is 0 Å². The summed E-state index contributed by atoms with van der Waals surface area (Å²) >= 11 is 0. The molecule has 0 saturated heterocycles. The van der Waals surface area contributed by atoms with Gasteiger partial charge in [0.05, 0.1) is 20.6 Å². The predicted octanol–water partition coefficient (Wildman–Crippen LogP) is -0.787. The molecule has 0 amide bonds. The third-order valence-corrected chi connectivity index (χ3v) is 2.93. The topological polar surface area (TPSA) is 0 Å². The third-order valence-electron chi connectivity index (χ3n) is 2.93. The lowest BCUT2D eigenvalue weighted by molar-refractivity contribution is -0.903. The van der Waals surface area contributed by atoms with Gasteiger partial charge in [-0.25, -0.2) is 0 Å². The Morgan fingerprint density at radius 2 is 1.71 bits per heavy atom. The van der Waals surface area contributed by atoms with Crippen molar-refractivity contribution in [3.63, 3.8) is 0 Å². The Bertz CT molecular complexity index is 307. The van der Waals surface area contributed by atoms with E-state index >= 15 is 0 Å². The Kier molecular flexibility index (Phi) is 3.95. The Balaban J connectivity index is 0.000000980. The SMILES string of the molecule is C[N+]1(C)CCCc2ccccc2C1.[I-]. The second-order valence-electron chi connectivity index (χ2n) is 4.69. The molecule has 0 bridgehead atoms. The van der Waals surface area contributed by atoms with Gasteiger partial charge in [0, 0.05) is 12.0 Å². The van der Waals surface area contributed by atoms with Crippen molar-refractivity contribution in [1.29, 1.82) is 0 Å². The summed E-state index contributed by atoms with van der Waals surface area (Å²) in [6.45, 7) is 2.49. The number of rotatable bonds is 0. The van der Waals surface area contributed by atoms with E-state index in [1.807, 2.05) is 0 Å². The van der Waals surface area contributed by atoms with E-state index in [0.29, 0.717) is 0 Å². The zero-order valence-electron chi connectivity index (χ0n) is 8.96. The standard InChI is InChI=1S/C12H18N.HI/c1-13(2)9-5-8-11-6-3-4-7-12(11)10-13;/h3-4,6-7H,5,8-10H2,1-2H3;1H/q+1;/p-1. The summed E-state index contributed by atoms with van der Waals surface area (Å²) in [6, 6.07) is 8.87. The van der Waals surface area contributed by atoms with Crippen LogP contribution in [0.1, 0.15) is 17.5 Å². The second kappa shape index (κ2) is 4.62. The number of nitrogens with zero attached hydrogens (tertiary/aromatic N) is 1. The van der Waals surface area contributed by atoms with E-state index in [2.05, 4.69) is 38.4 Å². The van der Waals surface area contributed by atoms with Crippen LogP contribution in [0.5, 0.6) is 0 Å². The molecule has 1 nitrogen and oxygen atoms in total. The number of halogens is 1. The molecule has 78 valence electrons. The maximum Gasteiger partial charge on any atom is 0.104 e. The number of hydrogen-bond donors (Lipinski definition) is 0. The number of aryl methyl sites for hydroxylation is 1. The molecule has 1 aromatic rings. The van der Waals surface area contributed by atoms with Crippen molar-refractivity contribution in [2.45, 2.75) is 19.4 Å². The van der Waals surface area contributed by atoms with Crippen LogP contribution in [0, 0.1) is 0 Å². The quantitative estimate of drug-likeness (QED) is 0.435. The van der Waals surface area contributed by atoms with E-state index in [9.17, 15) is 0 Å². The number of fused-ring (bicyclic) bond motifs is 1. The first kappa shape index (κ1) is 12.0. The molecule has 14 heavy (non-hydrogen) atoms. The molecule has 0 fully saturated rings. The van der Waals surface area contributed by atoms with E-state index in [0.717, 1.165) is 4.48 Å². The fraction of sp³-hybridized carbons (Fsp3) is 0.500. The first-order valence-corrected chi connectivity index (χ1v) is 5.06. The summed E-state index contributed by atoms with van der Waals surface area (Å²) in [5.41, 5.74) is 3.11. The van der Waals surface area contributed by atoms with E-state index < -0.39 is 0 Å². The van der Waals surface area contributed by atoms with Gasteiger partial charge < -0.3 is 28.5 Å². The van der Waals surface area contributed by atoms with E-state index in [1.165, 1.54) is 25.9 Å². The molecule has 0 atom stereocenters. The number of benzene rings is 1. The summed E-state index contributed by atoms with van der Waals surface area (Å²) < 4.78 is 1.14. The summed E-state index contributed by atoms with van der Waals surface area (Å²) in [5, 5.41) is 0. The van der Waals surface area contributed by atoms with Crippen molar-refractivity contribution in [2.24, 2.45) is 0 Å². The van der Waals surface area contributed by atoms with Crippen molar-refractivity contribution in [2.75, 3.05) is 20.6 Å².